The zero-order chi connectivity index (χ0) is 25.7. The second-order valence-electron chi connectivity index (χ2n) is 10.1. The maximum Gasteiger partial charge on any atom is 0.277 e. The van der Waals surface area contributed by atoms with Crippen molar-refractivity contribution >= 4 is 39.8 Å². The summed E-state index contributed by atoms with van der Waals surface area (Å²) < 4.78 is 5.85. The Morgan fingerprint density at radius 2 is 1.66 bits per heavy atom. The Morgan fingerprint density at radius 1 is 0.895 bits per heavy atom. The summed E-state index contributed by atoms with van der Waals surface area (Å²) in [5, 5.41) is 14.1. The van der Waals surface area contributed by atoms with E-state index in [1.54, 1.807) is 0 Å². The molecule has 1 aliphatic carbocycles. The Labute approximate surface area is 227 Å². The molecule has 3 aromatic carbocycles. The molecule has 1 saturated heterocycles. The average Bonchev–Trinajstić information content (AvgIpc) is 3.46. The number of nitrogens with one attached hydrogen (secondary N) is 1. The topological polar surface area (TPSA) is 74.5 Å². The van der Waals surface area contributed by atoms with Crippen LogP contribution in [-0.2, 0) is 4.79 Å². The summed E-state index contributed by atoms with van der Waals surface area (Å²) >= 11 is 1.25. The van der Waals surface area contributed by atoms with Crippen molar-refractivity contribution in [3.05, 3.63) is 66.7 Å². The van der Waals surface area contributed by atoms with Crippen LogP contribution in [-0.4, -0.2) is 59.0 Å². The number of piperazine rings is 1. The van der Waals surface area contributed by atoms with Crippen molar-refractivity contribution in [3.8, 4) is 11.5 Å². The Morgan fingerprint density at radius 3 is 2.50 bits per heavy atom. The first-order valence-corrected chi connectivity index (χ1v) is 14.5. The number of carbonyl (C=O) groups excluding carboxylic acids is 1. The van der Waals surface area contributed by atoms with Crippen LogP contribution in [0.15, 0.2) is 76.4 Å². The fourth-order valence-electron chi connectivity index (χ4n) is 5.65. The van der Waals surface area contributed by atoms with Gasteiger partial charge in [-0.3, -0.25) is 9.69 Å². The van der Waals surface area contributed by atoms with Crippen molar-refractivity contribution < 1.29 is 9.21 Å². The highest BCUT2D eigenvalue weighted by molar-refractivity contribution is 7.99. The molecule has 38 heavy (non-hydrogen) atoms. The number of nitrogens with zero attached hydrogens (tertiary/aromatic N) is 4. The fourth-order valence-corrected chi connectivity index (χ4v) is 6.21. The molecule has 0 atom stereocenters. The third-order valence-corrected chi connectivity index (χ3v) is 8.47. The molecule has 2 fully saturated rings. The summed E-state index contributed by atoms with van der Waals surface area (Å²) in [7, 11) is 0. The first-order chi connectivity index (χ1) is 18.7. The second kappa shape index (κ2) is 11.6. The van der Waals surface area contributed by atoms with Crippen LogP contribution in [0.2, 0.25) is 0 Å². The predicted molar refractivity (Wildman–Crippen MR) is 154 cm³/mol. The van der Waals surface area contributed by atoms with Crippen LogP contribution in [0.5, 0.6) is 0 Å². The third-order valence-electron chi connectivity index (χ3n) is 7.65. The summed E-state index contributed by atoms with van der Waals surface area (Å²) in [5.74, 6) is 0.563. The van der Waals surface area contributed by atoms with Gasteiger partial charge in [0.1, 0.15) is 0 Å². The lowest BCUT2D eigenvalue weighted by Gasteiger charge is -2.42. The fraction of sp³-hybridized carbons (Fsp3) is 0.367. The van der Waals surface area contributed by atoms with Gasteiger partial charge in [0.2, 0.25) is 11.8 Å². The van der Waals surface area contributed by atoms with E-state index in [1.165, 1.54) is 43.9 Å². The van der Waals surface area contributed by atoms with Crippen molar-refractivity contribution in [2.75, 3.05) is 42.1 Å². The molecule has 1 N–H and O–H groups in total. The van der Waals surface area contributed by atoms with Crippen LogP contribution in [0.3, 0.4) is 0 Å². The Bertz CT molecular complexity index is 1390. The van der Waals surface area contributed by atoms with E-state index in [2.05, 4.69) is 43.5 Å². The highest BCUT2D eigenvalue weighted by atomic mass is 32.2. The van der Waals surface area contributed by atoms with E-state index < -0.39 is 0 Å². The molecular formula is C30H33N5O2S. The molecule has 0 unspecified atom stereocenters. The minimum absolute atomic E-state index is 0.0891. The van der Waals surface area contributed by atoms with Gasteiger partial charge < -0.3 is 14.6 Å². The number of aromatic nitrogens is 2. The number of benzene rings is 3. The molecular weight excluding hydrogens is 494 g/mol. The number of fused-ring (bicyclic) bond motifs is 1. The number of hydrogen-bond acceptors (Lipinski definition) is 7. The lowest BCUT2D eigenvalue weighted by molar-refractivity contribution is -0.113. The highest BCUT2D eigenvalue weighted by Gasteiger charge is 2.26. The van der Waals surface area contributed by atoms with Crippen LogP contribution >= 0.6 is 11.8 Å². The van der Waals surface area contributed by atoms with Gasteiger partial charge in [-0.1, -0.05) is 73.5 Å². The molecule has 0 radical (unpaired) electrons. The summed E-state index contributed by atoms with van der Waals surface area (Å²) in [6.45, 7) is 4.13. The average molecular weight is 528 g/mol. The molecule has 196 valence electrons. The molecule has 8 heteroatoms. The van der Waals surface area contributed by atoms with Crippen molar-refractivity contribution in [2.45, 2.75) is 43.4 Å². The normalized spacial score (nSPS) is 17.1. The molecule has 0 spiro atoms. The molecule has 6 rings (SSSR count). The number of para-hydroxylation sites is 2. The van der Waals surface area contributed by atoms with E-state index in [0.717, 1.165) is 59.9 Å². The van der Waals surface area contributed by atoms with Gasteiger partial charge in [-0.15, -0.1) is 10.2 Å². The second-order valence-corrected chi connectivity index (χ2v) is 11.0. The number of anilines is 2. The summed E-state index contributed by atoms with van der Waals surface area (Å²) in [6, 6.07) is 23.1. The SMILES string of the molecule is O=C(CSc1nnc(-c2ccc3ccccc3c2)o1)Nc1ccccc1N1CCN(C2CCCCC2)CC1. The van der Waals surface area contributed by atoms with Crippen LogP contribution in [0.25, 0.3) is 22.2 Å². The molecule has 2 heterocycles. The van der Waals surface area contributed by atoms with Crippen molar-refractivity contribution in [1.82, 2.24) is 15.1 Å². The molecule has 7 nitrogen and oxygen atoms in total. The number of hydrogen-bond donors (Lipinski definition) is 1. The van der Waals surface area contributed by atoms with Crippen LogP contribution in [0.1, 0.15) is 32.1 Å². The van der Waals surface area contributed by atoms with E-state index in [9.17, 15) is 4.79 Å². The van der Waals surface area contributed by atoms with Crippen molar-refractivity contribution in [3.63, 3.8) is 0 Å². The monoisotopic (exact) mass is 527 g/mol. The van der Waals surface area contributed by atoms with E-state index >= 15 is 0 Å². The van der Waals surface area contributed by atoms with E-state index in [1.807, 2.05) is 48.5 Å². The number of thioether (sulfide) groups is 1. The smallest absolute Gasteiger partial charge is 0.277 e. The van der Waals surface area contributed by atoms with Gasteiger partial charge in [-0.05, 0) is 47.9 Å². The van der Waals surface area contributed by atoms with Crippen molar-refractivity contribution in [1.29, 1.82) is 0 Å². The van der Waals surface area contributed by atoms with Gasteiger partial charge in [0.15, 0.2) is 0 Å². The van der Waals surface area contributed by atoms with Crippen molar-refractivity contribution in [2.24, 2.45) is 0 Å². The van der Waals surface area contributed by atoms with Gasteiger partial charge in [0.25, 0.3) is 5.22 Å². The van der Waals surface area contributed by atoms with E-state index in [-0.39, 0.29) is 11.7 Å². The Balaban J connectivity index is 1.04. The first-order valence-electron chi connectivity index (χ1n) is 13.6. The van der Waals surface area contributed by atoms with E-state index in [4.69, 9.17) is 4.42 Å². The first kappa shape index (κ1) is 24.9. The van der Waals surface area contributed by atoms with Crippen LogP contribution < -0.4 is 10.2 Å². The lowest BCUT2D eigenvalue weighted by atomic mass is 9.94. The summed E-state index contributed by atoms with van der Waals surface area (Å²) in [6.07, 6.45) is 6.81. The Kier molecular flexibility index (Phi) is 7.60. The zero-order valence-electron chi connectivity index (χ0n) is 21.5. The number of rotatable bonds is 7. The maximum absolute atomic E-state index is 12.9. The Hall–Kier alpha value is -3.36. The minimum Gasteiger partial charge on any atom is -0.411 e. The van der Waals surface area contributed by atoms with Crippen LogP contribution in [0.4, 0.5) is 11.4 Å². The van der Waals surface area contributed by atoms with Crippen LogP contribution in [0, 0.1) is 0 Å². The largest absolute Gasteiger partial charge is 0.411 e. The molecule has 1 amide bonds. The predicted octanol–water partition coefficient (Wildman–Crippen LogP) is 6.08. The number of amides is 1. The van der Waals surface area contributed by atoms with E-state index in [0.29, 0.717) is 11.1 Å². The molecule has 4 aromatic rings. The maximum atomic E-state index is 12.9. The van der Waals surface area contributed by atoms with Gasteiger partial charge >= 0.3 is 0 Å². The summed E-state index contributed by atoms with van der Waals surface area (Å²) in [4.78, 5) is 17.9. The summed E-state index contributed by atoms with van der Waals surface area (Å²) in [5.41, 5.74) is 2.81. The van der Waals surface area contributed by atoms with Gasteiger partial charge in [-0.25, -0.2) is 0 Å². The standard InChI is InChI=1S/C30H33N5O2S/c36-28(21-38-30-33-32-29(37-30)24-15-14-22-8-4-5-9-23(22)20-24)31-26-12-6-7-13-27(26)35-18-16-34(17-19-35)25-10-2-1-3-11-25/h4-9,12-15,20,25H,1-3,10-11,16-19,21H2,(H,31,36). The molecule has 1 aromatic heterocycles. The third kappa shape index (κ3) is 5.71. The molecule has 1 saturated carbocycles. The quantitative estimate of drug-likeness (QED) is 0.292. The zero-order valence-corrected chi connectivity index (χ0v) is 22.3. The molecule has 1 aliphatic heterocycles. The van der Waals surface area contributed by atoms with Gasteiger partial charge in [0.05, 0.1) is 17.1 Å². The minimum atomic E-state index is -0.0891. The highest BCUT2D eigenvalue weighted by Crippen LogP contribution is 2.30. The lowest BCUT2D eigenvalue weighted by Crippen LogP contribution is -2.51. The van der Waals surface area contributed by atoms with Gasteiger partial charge in [-0.2, -0.15) is 0 Å². The molecule has 0 bridgehead atoms. The number of carbonyl (C=O) groups is 1. The van der Waals surface area contributed by atoms with Gasteiger partial charge in [0, 0.05) is 37.8 Å². The molecule has 2 aliphatic rings.